The van der Waals surface area contributed by atoms with E-state index in [-0.39, 0.29) is 12.5 Å². The molecule has 118 valence electrons. The number of aliphatic hydroxyl groups excluding tert-OH is 2. The molecular formula is C17H22N2O3. The Morgan fingerprint density at radius 2 is 2.05 bits per heavy atom. The molecule has 1 unspecified atom stereocenters. The highest BCUT2D eigenvalue weighted by atomic mass is 16.5. The highest BCUT2D eigenvalue weighted by Crippen LogP contribution is 2.22. The molecule has 2 heterocycles. The number of nitrogens with one attached hydrogen (secondary N) is 1. The number of anilines is 1. The fourth-order valence-electron chi connectivity index (χ4n) is 2.90. The number of rotatable bonds is 5. The molecule has 0 spiro atoms. The number of aliphatic hydroxyl groups is 2. The summed E-state index contributed by atoms with van der Waals surface area (Å²) in [5, 5.41) is 24.0. The van der Waals surface area contributed by atoms with E-state index in [4.69, 9.17) is 4.74 Å². The third-order valence-corrected chi connectivity index (χ3v) is 4.26. The van der Waals surface area contributed by atoms with E-state index in [9.17, 15) is 10.2 Å². The minimum Gasteiger partial charge on any atom is -0.392 e. The van der Waals surface area contributed by atoms with Gasteiger partial charge in [0.1, 0.15) is 5.82 Å². The summed E-state index contributed by atoms with van der Waals surface area (Å²) in [6, 6.07) is 9.74. The standard InChI is InChI=1S/C17H22N2O3/c20-11-14-9-13-3-1-2-4-15(13)19-17(14)18-10-16(21)12-5-7-22-8-6-12/h1-4,9,12,16,20-21H,5-8,10-11H2,(H,18,19). The van der Waals surface area contributed by atoms with Crippen LogP contribution in [-0.4, -0.2) is 41.1 Å². The zero-order valence-corrected chi connectivity index (χ0v) is 12.5. The Balaban J connectivity index is 1.72. The molecule has 1 aromatic heterocycles. The topological polar surface area (TPSA) is 74.6 Å². The Morgan fingerprint density at radius 3 is 2.82 bits per heavy atom. The number of para-hydroxylation sites is 1. The van der Waals surface area contributed by atoms with E-state index in [1.807, 2.05) is 30.3 Å². The van der Waals surface area contributed by atoms with Crippen molar-refractivity contribution in [1.29, 1.82) is 0 Å². The van der Waals surface area contributed by atoms with E-state index >= 15 is 0 Å². The molecule has 0 radical (unpaired) electrons. The van der Waals surface area contributed by atoms with Crippen LogP contribution in [0, 0.1) is 5.92 Å². The first kappa shape index (κ1) is 15.2. The molecule has 0 saturated carbocycles. The summed E-state index contributed by atoms with van der Waals surface area (Å²) in [6.45, 7) is 1.80. The van der Waals surface area contributed by atoms with Crippen LogP contribution in [0.1, 0.15) is 18.4 Å². The van der Waals surface area contributed by atoms with Crippen LogP contribution in [0.4, 0.5) is 5.82 Å². The van der Waals surface area contributed by atoms with Crippen molar-refractivity contribution >= 4 is 16.7 Å². The van der Waals surface area contributed by atoms with Crippen molar-refractivity contribution in [2.24, 2.45) is 5.92 Å². The summed E-state index contributed by atoms with van der Waals surface area (Å²) in [5.41, 5.74) is 1.63. The summed E-state index contributed by atoms with van der Waals surface area (Å²) in [4.78, 5) is 4.56. The number of pyridine rings is 1. The van der Waals surface area contributed by atoms with Crippen molar-refractivity contribution in [2.75, 3.05) is 25.1 Å². The first-order valence-electron chi connectivity index (χ1n) is 7.77. The molecule has 5 heteroatoms. The van der Waals surface area contributed by atoms with E-state index in [1.54, 1.807) is 0 Å². The largest absolute Gasteiger partial charge is 0.392 e. The highest BCUT2D eigenvalue weighted by Gasteiger charge is 2.22. The van der Waals surface area contributed by atoms with Gasteiger partial charge in [0, 0.05) is 30.7 Å². The third-order valence-electron chi connectivity index (χ3n) is 4.26. The van der Waals surface area contributed by atoms with Crippen molar-refractivity contribution in [3.8, 4) is 0 Å². The predicted octanol–water partition coefficient (Wildman–Crippen LogP) is 1.93. The third kappa shape index (κ3) is 3.38. The molecule has 3 rings (SSSR count). The maximum atomic E-state index is 10.3. The minimum absolute atomic E-state index is 0.0759. The predicted molar refractivity (Wildman–Crippen MR) is 85.7 cm³/mol. The molecule has 1 saturated heterocycles. The van der Waals surface area contributed by atoms with Crippen LogP contribution in [0.5, 0.6) is 0 Å². The summed E-state index contributed by atoms with van der Waals surface area (Å²) >= 11 is 0. The molecule has 0 aliphatic carbocycles. The van der Waals surface area contributed by atoms with Gasteiger partial charge < -0.3 is 20.3 Å². The fourth-order valence-corrected chi connectivity index (χ4v) is 2.90. The van der Waals surface area contributed by atoms with Crippen molar-refractivity contribution < 1.29 is 14.9 Å². The monoisotopic (exact) mass is 302 g/mol. The fraction of sp³-hybridized carbons (Fsp3) is 0.471. The molecule has 0 amide bonds. The Morgan fingerprint density at radius 1 is 1.27 bits per heavy atom. The zero-order valence-electron chi connectivity index (χ0n) is 12.5. The lowest BCUT2D eigenvalue weighted by molar-refractivity contribution is 0.0131. The number of aromatic nitrogens is 1. The summed E-state index contributed by atoms with van der Waals surface area (Å²) < 4.78 is 5.32. The van der Waals surface area contributed by atoms with Crippen LogP contribution >= 0.6 is 0 Å². The van der Waals surface area contributed by atoms with Gasteiger partial charge in [-0.2, -0.15) is 0 Å². The number of benzene rings is 1. The molecule has 1 aliphatic rings. The van der Waals surface area contributed by atoms with Crippen molar-refractivity contribution in [3.05, 3.63) is 35.9 Å². The minimum atomic E-state index is -0.427. The van der Waals surface area contributed by atoms with Crippen LogP contribution in [-0.2, 0) is 11.3 Å². The molecule has 5 nitrogen and oxygen atoms in total. The summed E-state index contributed by atoms with van der Waals surface area (Å²) in [7, 11) is 0. The van der Waals surface area contributed by atoms with Crippen molar-refractivity contribution in [1.82, 2.24) is 4.98 Å². The van der Waals surface area contributed by atoms with Crippen LogP contribution in [0.2, 0.25) is 0 Å². The van der Waals surface area contributed by atoms with Crippen molar-refractivity contribution in [2.45, 2.75) is 25.6 Å². The number of fused-ring (bicyclic) bond motifs is 1. The van der Waals surface area contributed by atoms with Gasteiger partial charge in [-0.15, -0.1) is 0 Å². The molecule has 1 aliphatic heterocycles. The summed E-state index contributed by atoms with van der Waals surface area (Å²) in [5.74, 6) is 0.909. The normalized spacial score (nSPS) is 17.5. The van der Waals surface area contributed by atoms with Crippen LogP contribution in [0.15, 0.2) is 30.3 Å². The number of nitrogens with zero attached hydrogens (tertiary/aromatic N) is 1. The molecule has 1 atom stereocenters. The zero-order chi connectivity index (χ0) is 15.4. The van der Waals surface area contributed by atoms with Gasteiger partial charge in [0.15, 0.2) is 0 Å². The van der Waals surface area contributed by atoms with Crippen LogP contribution < -0.4 is 5.32 Å². The van der Waals surface area contributed by atoms with E-state index in [2.05, 4.69) is 10.3 Å². The lowest BCUT2D eigenvalue weighted by Gasteiger charge is -2.27. The van der Waals surface area contributed by atoms with Crippen LogP contribution in [0.25, 0.3) is 10.9 Å². The quantitative estimate of drug-likeness (QED) is 0.787. The van der Waals surface area contributed by atoms with Gasteiger partial charge in [-0.3, -0.25) is 0 Å². The first-order chi connectivity index (χ1) is 10.8. The van der Waals surface area contributed by atoms with E-state index in [0.29, 0.717) is 12.4 Å². The van der Waals surface area contributed by atoms with E-state index in [1.165, 1.54) is 0 Å². The molecule has 2 aromatic rings. The highest BCUT2D eigenvalue weighted by molar-refractivity contribution is 5.81. The number of hydrogen-bond acceptors (Lipinski definition) is 5. The van der Waals surface area contributed by atoms with Gasteiger partial charge in [-0.1, -0.05) is 18.2 Å². The second-order valence-corrected chi connectivity index (χ2v) is 5.74. The van der Waals surface area contributed by atoms with Gasteiger partial charge in [-0.25, -0.2) is 4.98 Å². The Bertz CT molecular complexity index is 626. The average Bonchev–Trinajstić information content (AvgIpc) is 2.59. The SMILES string of the molecule is OCc1cc2ccccc2nc1NCC(O)C1CCOCC1. The van der Waals surface area contributed by atoms with Crippen molar-refractivity contribution in [3.63, 3.8) is 0 Å². The number of ether oxygens (including phenoxy) is 1. The Kier molecular flexibility index (Phi) is 4.87. The average molecular weight is 302 g/mol. The molecular weight excluding hydrogens is 280 g/mol. The van der Waals surface area contributed by atoms with E-state index < -0.39 is 6.10 Å². The molecule has 1 fully saturated rings. The van der Waals surface area contributed by atoms with Gasteiger partial charge in [0.2, 0.25) is 0 Å². The van der Waals surface area contributed by atoms with E-state index in [0.717, 1.165) is 42.5 Å². The lowest BCUT2D eigenvalue weighted by Crippen LogP contribution is -2.33. The molecule has 3 N–H and O–H groups in total. The maximum Gasteiger partial charge on any atom is 0.132 e. The Hall–Kier alpha value is -1.69. The van der Waals surface area contributed by atoms with Gasteiger partial charge >= 0.3 is 0 Å². The maximum absolute atomic E-state index is 10.3. The lowest BCUT2D eigenvalue weighted by atomic mass is 9.94. The second-order valence-electron chi connectivity index (χ2n) is 5.74. The van der Waals surface area contributed by atoms with Crippen LogP contribution in [0.3, 0.4) is 0 Å². The van der Waals surface area contributed by atoms with Gasteiger partial charge in [-0.05, 0) is 30.9 Å². The molecule has 0 bridgehead atoms. The molecule has 22 heavy (non-hydrogen) atoms. The summed E-state index contributed by atoms with van der Waals surface area (Å²) in [6.07, 6.45) is 1.35. The second kappa shape index (κ2) is 7.05. The first-order valence-corrected chi connectivity index (χ1v) is 7.77. The van der Waals surface area contributed by atoms with Gasteiger partial charge in [0.05, 0.1) is 18.2 Å². The molecule has 1 aromatic carbocycles. The Labute approximate surface area is 129 Å². The smallest absolute Gasteiger partial charge is 0.132 e. The van der Waals surface area contributed by atoms with Gasteiger partial charge in [0.25, 0.3) is 0 Å². The number of hydrogen-bond donors (Lipinski definition) is 3.